The Hall–Kier alpha value is -5.11. The molecule has 1 amide bonds. The summed E-state index contributed by atoms with van der Waals surface area (Å²) in [6.07, 6.45) is 0. The van der Waals surface area contributed by atoms with Gasteiger partial charge in [0, 0.05) is 11.3 Å². The van der Waals surface area contributed by atoms with E-state index in [0.29, 0.717) is 34.2 Å². The molecule has 4 aromatic rings. The average Bonchev–Trinajstić information content (AvgIpc) is 2.86. The number of carboxylic acid groups (broad SMARTS) is 2. The third-order valence-corrected chi connectivity index (χ3v) is 4.90. The second kappa shape index (κ2) is 10.2. The number of hydrogen-bond acceptors (Lipinski definition) is 5. The Morgan fingerprint density at radius 2 is 0.800 bits per heavy atom. The second-order valence-corrected chi connectivity index (χ2v) is 7.37. The Labute approximate surface area is 200 Å². The zero-order chi connectivity index (χ0) is 24.8. The number of carbonyl (C=O) groups is 3. The average molecular weight is 469 g/mol. The number of ether oxygens (including phenoxy) is 2. The van der Waals surface area contributed by atoms with E-state index in [1.54, 1.807) is 72.8 Å². The smallest absolute Gasteiger partial charge is 0.335 e. The fraction of sp³-hybridized carbons (Fsp3) is 0. The predicted octanol–water partition coefficient (Wildman–Crippen LogP) is 5.92. The number of aromatic carboxylic acids is 2. The highest BCUT2D eigenvalue weighted by atomic mass is 16.5. The summed E-state index contributed by atoms with van der Waals surface area (Å²) in [6.45, 7) is 0. The van der Waals surface area contributed by atoms with E-state index in [1.807, 2.05) is 0 Å². The Morgan fingerprint density at radius 1 is 0.486 bits per heavy atom. The van der Waals surface area contributed by atoms with E-state index < -0.39 is 11.9 Å². The van der Waals surface area contributed by atoms with E-state index in [2.05, 4.69) is 5.32 Å². The summed E-state index contributed by atoms with van der Waals surface area (Å²) >= 11 is 0. The van der Waals surface area contributed by atoms with Gasteiger partial charge in [-0.3, -0.25) is 4.79 Å². The minimum absolute atomic E-state index is 0.165. The van der Waals surface area contributed by atoms with Crippen molar-refractivity contribution in [2.45, 2.75) is 0 Å². The molecule has 8 heteroatoms. The van der Waals surface area contributed by atoms with Gasteiger partial charge in [-0.15, -0.1) is 0 Å². The van der Waals surface area contributed by atoms with Crippen molar-refractivity contribution in [3.8, 4) is 23.0 Å². The van der Waals surface area contributed by atoms with Crippen molar-refractivity contribution in [3.63, 3.8) is 0 Å². The Balaban J connectivity index is 1.33. The van der Waals surface area contributed by atoms with E-state index in [9.17, 15) is 14.4 Å². The van der Waals surface area contributed by atoms with Gasteiger partial charge in [-0.05, 0) is 97.1 Å². The fourth-order valence-electron chi connectivity index (χ4n) is 3.09. The molecule has 0 unspecified atom stereocenters. The number of carbonyl (C=O) groups excluding carboxylic acids is 1. The van der Waals surface area contributed by atoms with Crippen molar-refractivity contribution in [3.05, 3.63) is 114 Å². The predicted molar refractivity (Wildman–Crippen MR) is 128 cm³/mol. The zero-order valence-corrected chi connectivity index (χ0v) is 18.2. The lowest BCUT2D eigenvalue weighted by Gasteiger charge is -2.09. The molecule has 174 valence electrons. The van der Waals surface area contributed by atoms with Crippen LogP contribution in [-0.4, -0.2) is 28.1 Å². The first-order valence-electron chi connectivity index (χ1n) is 10.4. The quantitative estimate of drug-likeness (QED) is 0.293. The summed E-state index contributed by atoms with van der Waals surface area (Å²) in [5.41, 5.74) is 1.34. The van der Waals surface area contributed by atoms with E-state index in [-0.39, 0.29) is 17.0 Å². The van der Waals surface area contributed by atoms with Crippen LogP contribution in [0.15, 0.2) is 97.1 Å². The summed E-state index contributed by atoms with van der Waals surface area (Å²) in [6, 6.07) is 25.3. The number of amides is 1. The molecule has 0 heterocycles. The van der Waals surface area contributed by atoms with Gasteiger partial charge in [0.05, 0.1) is 11.1 Å². The van der Waals surface area contributed by atoms with Gasteiger partial charge in [0.25, 0.3) is 5.91 Å². The first-order chi connectivity index (χ1) is 16.9. The first kappa shape index (κ1) is 23.1. The van der Waals surface area contributed by atoms with Gasteiger partial charge in [0.2, 0.25) is 0 Å². The van der Waals surface area contributed by atoms with Crippen LogP contribution < -0.4 is 14.8 Å². The van der Waals surface area contributed by atoms with Crippen LogP contribution in [0.1, 0.15) is 31.1 Å². The summed E-state index contributed by atoms with van der Waals surface area (Å²) in [5.74, 6) is -0.321. The van der Waals surface area contributed by atoms with Crippen LogP contribution in [0.3, 0.4) is 0 Å². The molecule has 4 aromatic carbocycles. The molecule has 0 spiro atoms. The standard InChI is InChI=1S/C27H19NO7/c29-25(17-1-9-21(10-2-17)34-22-11-3-18(4-12-22)26(30)31)28-20-7-15-24(16-8-20)35-23-13-5-19(6-14-23)27(32)33/h1-16H,(H,28,29)(H,30,31)(H,32,33). The highest BCUT2D eigenvalue weighted by Crippen LogP contribution is 2.25. The molecule has 0 bridgehead atoms. The molecule has 35 heavy (non-hydrogen) atoms. The molecule has 0 saturated carbocycles. The Morgan fingerprint density at radius 3 is 1.14 bits per heavy atom. The summed E-state index contributed by atoms with van der Waals surface area (Å²) < 4.78 is 11.4. The SMILES string of the molecule is O=C(O)c1ccc(Oc2ccc(NC(=O)c3ccc(Oc4ccc(C(=O)O)cc4)cc3)cc2)cc1. The molecule has 0 atom stereocenters. The van der Waals surface area contributed by atoms with Gasteiger partial charge in [-0.1, -0.05) is 0 Å². The van der Waals surface area contributed by atoms with Crippen LogP contribution in [0.4, 0.5) is 5.69 Å². The topological polar surface area (TPSA) is 122 Å². The normalized spacial score (nSPS) is 10.3. The number of anilines is 1. The maximum atomic E-state index is 12.6. The minimum atomic E-state index is -1.01. The molecular formula is C27H19NO7. The van der Waals surface area contributed by atoms with Crippen LogP contribution in [0.2, 0.25) is 0 Å². The molecule has 0 fully saturated rings. The lowest BCUT2D eigenvalue weighted by atomic mass is 10.2. The molecule has 8 nitrogen and oxygen atoms in total. The number of hydrogen-bond donors (Lipinski definition) is 3. The van der Waals surface area contributed by atoms with Crippen LogP contribution in [0, 0.1) is 0 Å². The minimum Gasteiger partial charge on any atom is -0.478 e. The molecule has 0 aromatic heterocycles. The molecule has 0 radical (unpaired) electrons. The highest BCUT2D eigenvalue weighted by molar-refractivity contribution is 6.04. The van der Waals surface area contributed by atoms with E-state index in [4.69, 9.17) is 19.7 Å². The van der Waals surface area contributed by atoms with Gasteiger partial charge < -0.3 is 25.0 Å². The van der Waals surface area contributed by atoms with Crippen LogP contribution in [0.5, 0.6) is 23.0 Å². The van der Waals surface area contributed by atoms with Gasteiger partial charge in [0.1, 0.15) is 23.0 Å². The maximum Gasteiger partial charge on any atom is 0.335 e. The molecule has 0 aliphatic heterocycles. The van der Waals surface area contributed by atoms with Gasteiger partial charge in [-0.2, -0.15) is 0 Å². The van der Waals surface area contributed by atoms with E-state index in [0.717, 1.165) is 0 Å². The molecule has 3 N–H and O–H groups in total. The van der Waals surface area contributed by atoms with Crippen molar-refractivity contribution >= 4 is 23.5 Å². The maximum absolute atomic E-state index is 12.6. The third-order valence-electron chi connectivity index (χ3n) is 4.90. The van der Waals surface area contributed by atoms with Gasteiger partial charge in [-0.25, -0.2) is 9.59 Å². The fourth-order valence-corrected chi connectivity index (χ4v) is 3.09. The molecule has 0 aliphatic carbocycles. The second-order valence-electron chi connectivity index (χ2n) is 7.37. The molecule has 0 aliphatic rings. The first-order valence-corrected chi connectivity index (χ1v) is 10.4. The lowest BCUT2D eigenvalue weighted by Crippen LogP contribution is -2.11. The summed E-state index contributed by atoms with van der Waals surface area (Å²) in [4.78, 5) is 34.4. The van der Waals surface area contributed by atoms with Gasteiger partial charge in [0.15, 0.2) is 0 Å². The summed E-state index contributed by atoms with van der Waals surface area (Å²) in [5, 5.41) is 20.7. The molecule has 4 rings (SSSR count). The van der Waals surface area contributed by atoms with Crippen molar-refractivity contribution in [1.29, 1.82) is 0 Å². The van der Waals surface area contributed by atoms with E-state index in [1.165, 1.54) is 24.3 Å². The zero-order valence-electron chi connectivity index (χ0n) is 18.2. The van der Waals surface area contributed by atoms with Crippen LogP contribution in [0.25, 0.3) is 0 Å². The Bertz CT molecular complexity index is 1350. The van der Waals surface area contributed by atoms with E-state index >= 15 is 0 Å². The monoisotopic (exact) mass is 469 g/mol. The van der Waals surface area contributed by atoms with Gasteiger partial charge >= 0.3 is 11.9 Å². The number of carboxylic acids is 2. The molecule has 0 saturated heterocycles. The number of rotatable bonds is 8. The van der Waals surface area contributed by atoms with Crippen molar-refractivity contribution in [1.82, 2.24) is 0 Å². The van der Waals surface area contributed by atoms with Crippen molar-refractivity contribution < 1.29 is 34.1 Å². The Kier molecular flexibility index (Phi) is 6.73. The van der Waals surface area contributed by atoms with Crippen LogP contribution >= 0.6 is 0 Å². The van der Waals surface area contributed by atoms with Crippen LogP contribution in [-0.2, 0) is 0 Å². The lowest BCUT2D eigenvalue weighted by molar-refractivity contribution is 0.0686. The summed E-state index contributed by atoms with van der Waals surface area (Å²) in [7, 11) is 0. The van der Waals surface area contributed by atoms with Crippen molar-refractivity contribution in [2.24, 2.45) is 0 Å². The highest BCUT2D eigenvalue weighted by Gasteiger charge is 2.09. The third kappa shape index (κ3) is 6.02. The molecular weight excluding hydrogens is 450 g/mol. The number of benzene rings is 4. The van der Waals surface area contributed by atoms with Crippen molar-refractivity contribution in [2.75, 3.05) is 5.32 Å². The largest absolute Gasteiger partial charge is 0.478 e. The number of nitrogens with one attached hydrogen (secondary N) is 1.